The van der Waals surface area contributed by atoms with E-state index in [0.29, 0.717) is 6.61 Å². The molecule has 1 rings (SSSR count). The van der Waals surface area contributed by atoms with Crippen molar-refractivity contribution in [1.29, 1.82) is 0 Å². The molecule has 0 aromatic rings. The number of nitrogens with one attached hydrogen (secondary N) is 1. The van der Waals surface area contributed by atoms with Gasteiger partial charge in [0.05, 0.1) is 12.0 Å². The summed E-state index contributed by atoms with van der Waals surface area (Å²) in [5.41, 5.74) is 0.173. The zero-order valence-corrected chi connectivity index (χ0v) is 12.7. The normalized spacial score (nSPS) is 24.9. The Kier molecular flexibility index (Phi) is 5.93. The van der Waals surface area contributed by atoms with Gasteiger partial charge in [-0.2, -0.15) is 0 Å². The molecular weight excluding hydrogens is 282 g/mol. The molecule has 4 heteroatoms. The number of carbonyl (C=O) groups is 1. The van der Waals surface area contributed by atoms with Crippen LogP contribution in [0.4, 0.5) is 0 Å². The molecule has 0 radical (unpaired) electrons. The third-order valence-electron chi connectivity index (χ3n) is 3.44. The summed E-state index contributed by atoms with van der Waals surface area (Å²) in [5, 5.41) is 4.10. The van der Waals surface area contributed by atoms with E-state index in [9.17, 15) is 4.79 Å². The summed E-state index contributed by atoms with van der Waals surface area (Å²) in [6.45, 7) is 7.84. The van der Waals surface area contributed by atoms with E-state index >= 15 is 0 Å². The monoisotopic (exact) mass is 305 g/mol. The number of halogens is 1. The quantitative estimate of drug-likeness (QED) is 0.766. The minimum Gasteiger partial charge on any atom is -0.378 e. The molecule has 17 heavy (non-hydrogen) atoms. The van der Waals surface area contributed by atoms with Crippen molar-refractivity contribution in [3.05, 3.63) is 0 Å². The topological polar surface area (TPSA) is 38.3 Å². The lowest BCUT2D eigenvalue weighted by molar-refractivity contribution is -0.126. The summed E-state index contributed by atoms with van der Waals surface area (Å²) in [6, 6.07) is 0. The molecule has 0 aromatic heterocycles. The fraction of sp³-hybridized carbons (Fsp3) is 0.923. The van der Waals surface area contributed by atoms with Crippen molar-refractivity contribution in [3.8, 4) is 0 Å². The lowest BCUT2D eigenvalue weighted by Crippen LogP contribution is -2.39. The molecule has 0 aliphatic carbocycles. The smallest absolute Gasteiger partial charge is 0.225 e. The third kappa shape index (κ3) is 4.96. The van der Waals surface area contributed by atoms with Gasteiger partial charge in [-0.3, -0.25) is 4.79 Å². The van der Waals surface area contributed by atoms with Gasteiger partial charge in [-0.1, -0.05) is 29.8 Å². The van der Waals surface area contributed by atoms with Crippen molar-refractivity contribution >= 4 is 21.8 Å². The molecule has 1 amide bonds. The summed E-state index contributed by atoms with van der Waals surface area (Å²) < 4.78 is 5.42. The zero-order chi connectivity index (χ0) is 12.9. The number of carbonyl (C=O) groups excluding carboxylic acids is 1. The van der Waals surface area contributed by atoms with Gasteiger partial charge >= 0.3 is 0 Å². The molecule has 1 heterocycles. The van der Waals surface area contributed by atoms with Gasteiger partial charge in [0, 0.05) is 18.5 Å². The number of ether oxygens (including phenoxy) is 1. The van der Waals surface area contributed by atoms with Crippen LogP contribution in [0.25, 0.3) is 0 Å². The Morgan fingerprint density at radius 3 is 2.76 bits per heavy atom. The van der Waals surface area contributed by atoms with E-state index in [2.05, 4.69) is 35.1 Å². The molecule has 0 saturated carbocycles. The predicted molar refractivity (Wildman–Crippen MR) is 73.3 cm³/mol. The second-order valence-corrected chi connectivity index (χ2v) is 6.44. The van der Waals surface area contributed by atoms with Gasteiger partial charge in [0.25, 0.3) is 0 Å². The molecule has 100 valence electrons. The first-order chi connectivity index (χ1) is 7.96. The highest BCUT2D eigenvalue weighted by atomic mass is 79.9. The highest BCUT2D eigenvalue weighted by Crippen LogP contribution is 2.23. The number of alkyl halides is 1. The van der Waals surface area contributed by atoms with Gasteiger partial charge in [0.15, 0.2) is 0 Å². The van der Waals surface area contributed by atoms with Crippen LogP contribution in [0, 0.1) is 11.3 Å². The van der Waals surface area contributed by atoms with E-state index in [1.54, 1.807) is 0 Å². The maximum absolute atomic E-state index is 12.0. The standard InChI is InChI=1S/C13H24BrNO2/c1-10-11(5-8-17-10)12(16)15-9-13(2,3)6-4-7-14/h10-11H,4-9H2,1-3H3,(H,15,16). The number of hydrogen-bond acceptors (Lipinski definition) is 2. The molecule has 0 bridgehead atoms. The van der Waals surface area contributed by atoms with Crippen molar-refractivity contribution in [2.75, 3.05) is 18.5 Å². The van der Waals surface area contributed by atoms with Crippen LogP contribution >= 0.6 is 15.9 Å². The molecule has 0 aromatic carbocycles. The lowest BCUT2D eigenvalue weighted by Gasteiger charge is -2.26. The Labute approximate surface area is 113 Å². The lowest BCUT2D eigenvalue weighted by atomic mass is 9.88. The van der Waals surface area contributed by atoms with Crippen molar-refractivity contribution in [1.82, 2.24) is 5.32 Å². The van der Waals surface area contributed by atoms with Crippen LogP contribution < -0.4 is 5.32 Å². The van der Waals surface area contributed by atoms with Gasteiger partial charge in [-0.05, 0) is 31.6 Å². The van der Waals surface area contributed by atoms with Crippen molar-refractivity contribution in [2.45, 2.75) is 46.1 Å². The van der Waals surface area contributed by atoms with Crippen LogP contribution in [0.3, 0.4) is 0 Å². The highest BCUT2D eigenvalue weighted by Gasteiger charge is 2.31. The second-order valence-electron chi connectivity index (χ2n) is 5.65. The first-order valence-electron chi connectivity index (χ1n) is 6.41. The minimum atomic E-state index is 0.0435. The van der Waals surface area contributed by atoms with Gasteiger partial charge in [0.1, 0.15) is 0 Å². The van der Waals surface area contributed by atoms with E-state index in [1.807, 2.05) is 6.92 Å². The first-order valence-corrected chi connectivity index (χ1v) is 7.54. The maximum Gasteiger partial charge on any atom is 0.225 e. The third-order valence-corrected chi connectivity index (χ3v) is 4.00. The molecule has 1 N–H and O–H groups in total. The molecule has 0 spiro atoms. The van der Waals surface area contributed by atoms with Crippen LogP contribution in [0.1, 0.15) is 40.0 Å². The largest absolute Gasteiger partial charge is 0.378 e. The van der Waals surface area contributed by atoms with Crippen LogP contribution in [-0.2, 0) is 9.53 Å². The second kappa shape index (κ2) is 6.74. The Morgan fingerprint density at radius 1 is 1.53 bits per heavy atom. The Balaban J connectivity index is 2.31. The molecule has 2 atom stereocenters. The van der Waals surface area contributed by atoms with Crippen LogP contribution in [0.15, 0.2) is 0 Å². The number of rotatable bonds is 6. The molecule has 3 nitrogen and oxygen atoms in total. The first kappa shape index (κ1) is 15.0. The SMILES string of the molecule is CC1OCCC1C(=O)NCC(C)(C)CCCBr. The Bertz CT molecular complexity index is 256. The summed E-state index contributed by atoms with van der Waals surface area (Å²) >= 11 is 3.44. The van der Waals surface area contributed by atoms with E-state index in [0.717, 1.165) is 31.1 Å². The Hall–Kier alpha value is -0.0900. The van der Waals surface area contributed by atoms with E-state index in [4.69, 9.17) is 4.74 Å². The molecule has 1 aliphatic heterocycles. The average molecular weight is 306 g/mol. The van der Waals surface area contributed by atoms with E-state index in [1.165, 1.54) is 0 Å². The van der Waals surface area contributed by atoms with Crippen molar-refractivity contribution < 1.29 is 9.53 Å². The van der Waals surface area contributed by atoms with Crippen LogP contribution in [-0.4, -0.2) is 30.5 Å². The van der Waals surface area contributed by atoms with Crippen LogP contribution in [0.2, 0.25) is 0 Å². The van der Waals surface area contributed by atoms with Gasteiger partial charge in [-0.25, -0.2) is 0 Å². The summed E-state index contributed by atoms with van der Waals surface area (Å²) in [4.78, 5) is 12.0. The maximum atomic E-state index is 12.0. The van der Waals surface area contributed by atoms with Gasteiger partial charge in [0.2, 0.25) is 5.91 Å². The molecule has 1 saturated heterocycles. The van der Waals surface area contributed by atoms with E-state index < -0.39 is 0 Å². The molecule has 1 fully saturated rings. The van der Waals surface area contributed by atoms with Crippen molar-refractivity contribution in [3.63, 3.8) is 0 Å². The summed E-state index contributed by atoms with van der Waals surface area (Å²) in [6.07, 6.45) is 3.19. The van der Waals surface area contributed by atoms with Gasteiger partial charge < -0.3 is 10.1 Å². The van der Waals surface area contributed by atoms with Gasteiger partial charge in [-0.15, -0.1) is 0 Å². The minimum absolute atomic E-state index is 0.0435. The highest BCUT2D eigenvalue weighted by molar-refractivity contribution is 9.09. The Morgan fingerprint density at radius 2 is 2.24 bits per heavy atom. The summed E-state index contributed by atoms with van der Waals surface area (Å²) in [7, 11) is 0. The number of hydrogen-bond donors (Lipinski definition) is 1. The average Bonchev–Trinajstić information content (AvgIpc) is 2.70. The fourth-order valence-corrected chi connectivity index (χ4v) is 2.45. The predicted octanol–water partition coefficient (Wildman–Crippen LogP) is 2.73. The fourth-order valence-electron chi connectivity index (χ4n) is 2.17. The zero-order valence-electron chi connectivity index (χ0n) is 11.1. The van der Waals surface area contributed by atoms with Crippen molar-refractivity contribution in [2.24, 2.45) is 11.3 Å². The van der Waals surface area contributed by atoms with E-state index in [-0.39, 0.29) is 23.3 Å². The molecule has 2 unspecified atom stereocenters. The summed E-state index contributed by atoms with van der Waals surface area (Å²) in [5.74, 6) is 0.198. The molecular formula is C13H24BrNO2. The van der Waals surface area contributed by atoms with Crippen LogP contribution in [0.5, 0.6) is 0 Å². The molecule has 1 aliphatic rings. The number of amides is 1.